The van der Waals surface area contributed by atoms with E-state index < -0.39 is 0 Å². The zero-order chi connectivity index (χ0) is 13.2. The number of benzene rings is 1. The van der Waals surface area contributed by atoms with Crippen molar-refractivity contribution in [1.82, 2.24) is 14.6 Å². The fourth-order valence-electron chi connectivity index (χ4n) is 1.84. The average Bonchev–Trinajstić information content (AvgIpc) is 2.80. The van der Waals surface area contributed by atoms with Gasteiger partial charge in [-0.2, -0.15) is 4.98 Å². The van der Waals surface area contributed by atoms with Gasteiger partial charge in [0.1, 0.15) is 5.82 Å². The molecule has 3 rings (SSSR count). The third-order valence-corrected chi connectivity index (χ3v) is 2.84. The van der Waals surface area contributed by atoms with Crippen molar-refractivity contribution in [3.05, 3.63) is 59.5 Å². The van der Waals surface area contributed by atoms with Gasteiger partial charge in [-0.05, 0) is 36.2 Å². The Bertz CT molecular complexity index is 703. The van der Waals surface area contributed by atoms with Gasteiger partial charge in [0, 0.05) is 12.7 Å². The van der Waals surface area contributed by atoms with Crippen LogP contribution in [0, 0.1) is 12.7 Å². The first-order chi connectivity index (χ1) is 9.20. The lowest BCUT2D eigenvalue weighted by molar-refractivity contribution is 0.627. The largest absolute Gasteiger partial charge is 0.349 e. The third-order valence-electron chi connectivity index (χ3n) is 2.84. The molecular formula is C14H13FN4. The molecule has 0 atom stereocenters. The number of fused-ring (bicyclic) bond motifs is 1. The Morgan fingerprint density at radius 3 is 2.74 bits per heavy atom. The summed E-state index contributed by atoms with van der Waals surface area (Å²) in [6, 6.07) is 10.3. The molecule has 0 saturated carbocycles. The summed E-state index contributed by atoms with van der Waals surface area (Å²) in [7, 11) is 0. The van der Waals surface area contributed by atoms with Crippen LogP contribution < -0.4 is 5.32 Å². The quantitative estimate of drug-likeness (QED) is 0.783. The highest BCUT2D eigenvalue weighted by Gasteiger charge is 2.03. The summed E-state index contributed by atoms with van der Waals surface area (Å²) in [6.07, 6.45) is 1.92. The van der Waals surface area contributed by atoms with Gasteiger partial charge >= 0.3 is 0 Å². The van der Waals surface area contributed by atoms with Crippen LogP contribution in [0.2, 0.25) is 0 Å². The van der Waals surface area contributed by atoms with E-state index in [9.17, 15) is 4.39 Å². The van der Waals surface area contributed by atoms with Crippen molar-refractivity contribution >= 4 is 11.6 Å². The summed E-state index contributed by atoms with van der Waals surface area (Å²) in [5.41, 5.74) is 2.91. The Labute approximate surface area is 109 Å². The summed E-state index contributed by atoms with van der Waals surface area (Å²) < 4.78 is 14.5. The van der Waals surface area contributed by atoms with E-state index >= 15 is 0 Å². The fourth-order valence-corrected chi connectivity index (χ4v) is 1.84. The van der Waals surface area contributed by atoms with Crippen LogP contribution in [-0.2, 0) is 6.54 Å². The highest BCUT2D eigenvalue weighted by atomic mass is 19.1. The molecule has 2 aromatic heterocycles. The second-order valence-corrected chi connectivity index (χ2v) is 4.42. The number of aryl methyl sites for hydroxylation is 1. The molecule has 2 heterocycles. The number of anilines is 1. The summed E-state index contributed by atoms with van der Waals surface area (Å²) in [4.78, 5) is 4.35. The molecule has 0 radical (unpaired) electrons. The SMILES string of the molecule is Cc1ccc2nc(NCc3ccc(F)cc3)nn2c1. The summed E-state index contributed by atoms with van der Waals surface area (Å²) in [6.45, 7) is 2.57. The van der Waals surface area contributed by atoms with Gasteiger partial charge in [0.15, 0.2) is 5.65 Å². The molecule has 0 aliphatic heterocycles. The number of nitrogens with zero attached hydrogens (tertiary/aromatic N) is 3. The van der Waals surface area contributed by atoms with Gasteiger partial charge in [-0.25, -0.2) is 8.91 Å². The standard InChI is InChI=1S/C14H13FN4/c1-10-2-7-13-17-14(18-19(13)9-10)16-8-11-3-5-12(15)6-4-11/h2-7,9H,8H2,1H3,(H,16,18). The summed E-state index contributed by atoms with van der Waals surface area (Å²) in [5, 5.41) is 7.45. The van der Waals surface area contributed by atoms with E-state index in [2.05, 4.69) is 15.4 Å². The topological polar surface area (TPSA) is 42.2 Å². The number of hydrogen-bond acceptors (Lipinski definition) is 3. The van der Waals surface area contributed by atoms with E-state index in [4.69, 9.17) is 0 Å². The Balaban J connectivity index is 1.76. The molecule has 1 N–H and O–H groups in total. The minimum Gasteiger partial charge on any atom is -0.349 e. The number of pyridine rings is 1. The van der Waals surface area contributed by atoms with E-state index in [1.54, 1.807) is 16.6 Å². The average molecular weight is 256 g/mol. The highest BCUT2D eigenvalue weighted by molar-refractivity contribution is 5.44. The van der Waals surface area contributed by atoms with Crippen LogP contribution in [-0.4, -0.2) is 14.6 Å². The van der Waals surface area contributed by atoms with Crippen molar-refractivity contribution in [3.63, 3.8) is 0 Å². The van der Waals surface area contributed by atoms with Crippen molar-refractivity contribution in [2.24, 2.45) is 0 Å². The molecule has 19 heavy (non-hydrogen) atoms. The predicted octanol–water partition coefficient (Wildman–Crippen LogP) is 2.79. The van der Waals surface area contributed by atoms with Gasteiger partial charge in [0.2, 0.25) is 5.95 Å². The molecule has 0 aliphatic carbocycles. The molecule has 96 valence electrons. The van der Waals surface area contributed by atoms with Gasteiger partial charge in [0.25, 0.3) is 0 Å². The Hall–Kier alpha value is -2.43. The zero-order valence-electron chi connectivity index (χ0n) is 10.5. The monoisotopic (exact) mass is 256 g/mol. The van der Waals surface area contributed by atoms with Crippen molar-refractivity contribution in [2.75, 3.05) is 5.32 Å². The first kappa shape index (κ1) is 11.6. The van der Waals surface area contributed by atoms with Crippen LogP contribution in [0.25, 0.3) is 5.65 Å². The van der Waals surface area contributed by atoms with Crippen LogP contribution >= 0.6 is 0 Å². The minimum absolute atomic E-state index is 0.231. The number of hydrogen-bond donors (Lipinski definition) is 1. The lowest BCUT2D eigenvalue weighted by Crippen LogP contribution is -2.01. The van der Waals surface area contributed by atoms with Crippen molar-refractivity contribution in [3.8, 4) is 0 Å². The molecule has 4 nitrogen and oxygen atoms in total. The van der Waals surface area contributed by atoms with E-state index in [1.807, 2.05) is 25.3 Å². The molecular weight excluding hydrogens is 243 g/mol. The van der Waals surface area contributed by atoms with Crippen LogP contribution in [0.3, 0.4) is 0 Å². The molecule has 0 fully saturated rings. The molecule has 0 bridgehead atoms. The Morgan fingerprint density at radius 2 is 1.95 bits per heavy atom. The first-order valence-electron chi connectivity index (χ1n) is 6.02. The maximum absolute atomic E-state index is 12.8. The Kier molecular flexibility index (Phi) is 2.87. The maximum atomic E-state index is 12.8. The summed E-state index contributed by atoms with van der Waals surface area (Å²) >= 11 is 0. The highest BCUT2D eigenvalue weighted by Crippen LogP contribution is 2.09. The van der Waals surface area contributed by atoms with Crippen LogP contribution in [0.15, 0.2) is 42.6 Å². The second-order valence-electron chi connectivity index (χ2n) is 4.42. The van der Waals surface area contributed by atoms with E-state index in [-0.39, 0.29) is 5.82 Å². The molecule has 0 amide bonds. The molecule has 0 saturated heterocycles. The van der Waals surface area contributed by atoms with Gasteiger partial charge in [-0.3, -0.25) is 0 Å². The third kappa shape index (κ3) is 2.54. The van der Waals surface area contributed by atoms with Crippen molar-refractivity contribution < 1.29 is 4.39 Å². The number of aromatic nitrogens is 3. The normalized spacial score (nSPS) is 10.8. The van der Waals surface area contributed by atoms with E-state index in [0.717, 1.165) is 16.8 Å². The molecule has 1 aromatic carbocycles. The van der Waals surface area contributed by atoms with Crippen LogP contribution in [0.1, 0.15) is 11.1 Å². The number of halogens is 1. The molecule has 0 aliphatic rings. The van der Waals surface area contributed by atoms with Gasteiger partial charge in [0.05, 0.1) is 0 Å². The van der Waals surface area contributed by atoms with E-state index in [0.29, 0.717) is 12.5 Å². The van der Waals surface area contributed by atoms with Crippen LogP contribution in [0.5, 0.6) is 0 Å². The van der Waals surface area contributed by atoms with Gasteiger partial charge < -0.3 is 5.32 Å². The molecule has 0 spiro atoms. The number of nitrogens with one attached hydrogen (secondary N) is 1. The first-order valence-corrected chi connectivity index (χ1v) is 6.02. The predicted molar refractivity (Wildman–Crippen MR) is 71.5 cm³/mol. The van der Waals surface area contributed by atoms with Gasteiger partial charge in [-0.1, -0.05) is 18.2 Å². The molecule has 3 aromatic rings. The fraction of sp³-hybridized carbons (Fsp3) is 0.143. The van der Waals surface area contributed by atoms with Crippen LogP contribution in [0.4, 0.5) is 10.3 Å². The molecule has 5 heteroatoms. The number of rotatable bonds is 3. The lowest BCUT2D eigenvalue weighted by Gasteiger charge is -2.01. The van der Waals surface area contributed by atoms with E-state index in [1.165, 1.54) is 12.1 Å². The second kappa shape index (κ2) is 4.68. The smallest absolute Gasteiger partial charge is 0.243 e. The van der Waals surface area contributed by atoms with Crippen molar-refractivity contribution in [2.45, 2.75) is 13.5 Å². The zero-order valence-corrected chi connectivity index (χ0v) is 10.5. The lowest BCUT2D eigenvalue weighted by atomic mass is 10.2. The molecule has 0 unspecified atom stereocenters. The minimum atomic E-state index is -0.231. The maximum Gasteiger partial charge on any atom is 0.243 e. The van der Waals surface area contributed by atoms with Crippen molar-refractivity contribution in [1.29, 1.82) is 0 Å². The van der Waals surface area contributed by atoms with Gasteiger partial charge in [-0.15, -0.1) is 5.10 Å². The Morgan fingerprint density at radius 1 is 1.16 bits per heavy atom. The summed E-state index contributed by atoms with van der Waals surface area (Å²) in [5.74, 6) is 0.333.